The van der Waals surface area contributed by atoms with Crippen LogP contribution in [0.1, 0.15) is 29.9 Å². The van der Waals surface area contributed by atoms with E-state index in [1.807, 2.05) is 44.2 Å². The number of amides is 1. The van der Waals surface area contributed by atoms with Gasteiger partial charge in [-0.05, 0) is 49.7 Å². The van der Waals surface area contributed by atoms with E-state index in [0.717, 1.165) is 11.1 Å². The van der Waals surface area contributed by atoms with Crippen molar-refractivity contribution in [2.24, 2.45) is 0 Å². The van der Waals surface area contributed by atoms with Crippen LogP contribution in [-0.4, -0.2) is 33.9 Å². The van der Waals surface area contributed by atoms with E-state index in [2.05, 4.69) is 9.97 Å². The van der Waals surface area contributed by atoms with Crippen LogP contribution >= 0.6 is 0 Å². The highest BCUT2D eigenvalue weighted by atomic mass is 16.5. The number of ether oxygens (including phenoxy) is 1. The molecule has 0 aliphatic rings. The lowest BCUT2D eigenvalue weighted by Crippen LogP contribution is -2.37. The number of methoxy groups -OCH3 is 1. The zero-order chi connectivity index (χ0) is 20.1. The number of rotatable bonds is 6. The first-order valence-corrected chi connectivity index (χ1v) is 9.08. The second kappa shape index (κ2) is 8.52. The molecule has 1 N–H and O–H groups in total. The van der Waals surface area contributed by atoms with Crippen molar-refractivity contribution in [2.45, 2.75) is 26.4 Å². The third kappa shape index (κ3) is 4.46. The van der Waals surface area contributed by atoms with Gasteiger partial charge in [-0.1, -0.05) is 30.3 Å². The van der Waals surface area contributed by atoms with E-state index in [1.54, 1.807) is 42.3 Å². The molecule has 0 bridgehead atoms. The molecule has 3 rings (SSSR count). The molecule has 1 aromatic heterocycles. The normalized spacial score (nSPS) is 10.7. The summed E-state index contributed by atoms with van der Waals surface area (Å²) in [5, 5.41) is 0. The minimum Gasteiger partial charge on any atom is -0.497 e. The van der Waals surface area contributed by atoms with Crippen molar-refractivity contribution >= 4 is 5.91 Å². The molecule has 6 heteroatoms. The first kappa shape index (κ1) is 19.4. The third-order valence-electron chi connectivity index (χ3n) is 4.44. The van der Waals surface area contributed by atoms with Crippen molar-refractivity contribution in [3.63, 3.8) is 0 Å². The molecule has 0 unspecified atom stereocenters. The van der Waals surface area contributed by atoms with Gasteiger partial charge < -0.3 is 14.6 Å². The number of hydrogen-bond donors (Lipinski definition) is 1. The summed E-state index contributed by atoms with van der Waals surface area (Å²) in [4.78, 5) is 33.5. The second-order valence-electron chi connectivity index (χ2n) is 6.73. The zero-order valence-electron chi connectivity index (χ0n) is 16.2. The second-order valence-corrected chi connectivity index (χ2v) is 6.73. The van der Waals surface area contributed by atoms with Gasteiger partial charge in [0.1, 0.15) is 11.4 Å². The predicted octanol–water partition coefficient (Wildman–Crippen LogP) is 3.50. The third-order valence-corrected chi connectivity index (χ3v) is 4.44. The highest BCUT2D eigenvalue weighted by molar-refractivity contribution is 5.93. The van der Waals surface area contributed by atoms with Gasteiger partial charge in [-0.25, -0.2) is 4.79 Å². The number of nitrogens with one attached hydrogen (secondary N) is 1. The number of hydrogen-bond acceptors (Lipinski definition) is 4. The molecular weight excluding hydrogens is 354 g/mol. The van der Waals surface area contributed by atoms with Crippen molar-refractivity contribution in [1.82, 2.24) is 14.9 Å². The highest BCUT2D eigenvalue weighted by Crippen LogP contribution is 2.21. The molecule has 0 saturated carbocycles. The molecule has 0 fully saturated rings. The lowest BCUT2D eigenvalue weighted by atomic mass is 10.1. The summed E-state index contributed by atoms with van der Waals surface area (Å²) in [6.45, 7) is 4.36. The van der Waals surface area contributed by atoms with Crippen LogP contribution in [0.15, 0.2) is 65.5 Å². The summed E-state index contributed by atoms with van der Waals surface area (Å²) < 4.78 is 5.16. The van der Waals surface area contributed by atoms with Crippen LogP contribution in [0.4, 0.5) is 0 Å². The Bertz CT molecular complexity index is 996. The van der Waals surface area contributed by atoms with Crippen LogP contribution in [0.5, 0.6) is 5.75 Å². The van der Waals surface area contributed by atoms with Crippen molar-refractivity contribution < 1.29 is 9.53 Å². The lowest BCUT2D eigenvalue weighted by Gasteiger charge is -2.27. The maximum Gasteiger partial charge on any atom is 0.346 e. The molecule has 1 amide bonds. The summed E-state index contributed by atoms with van der Waals surface area (Å²) >= 11 is 0. The maximum atomic E-state index is 13.1. The predicted molar refractivity (Wildman–Crippen MR) is 108 cm³/mol. The van der Waals surface area contributed by atoms with Crippen LogP contribution in [0.3, 0.4) is 0 Å². The molecule has 0 aliphatic carbocycles. The Morgan fingerprint density at radius 3 is 2.39 bits per heavy atom. The van der Waals surface area contributed by atoms with E-state index in [0.29, 0.717) is 18.0 Å². The summed E-state index contributed by atoms with van der Waals surface area (Å²) in [6, 6.07) is 18.5. The molecule has 0 atom stereocenters. The molecule has 2 aromatic carbocycles. The highest BCUT2D eigenvalue weighted by Gasteiger charge is 2.21. The molecule has 28 heavy (non-hydrogen) atoms. The number of aromatic amines is 1. The van der Waals surface area contributed by atoms with Crippen LogP contribution in [0.25, 0.3) is 11.3 Å². The maximum absolute atomic E-state index is 13.1. The zero-order valence-corrected chi connectivity index (χ0v) is 16.2. The van der Waals surface area contributed by atoms with Gasteiger partial charge in [0.25, 0.3) is 5.91 Å². The molecule has 0 saturated heterocycles. The Morgan fingerprint density at radius 2 is 1.79 bits per heavy atom. The van der Waals surface area contributed by atoms with Gasteiger partial charge in [-0.15, -0.1) is 0 Å². The van der Waals surface area contributed by atoms with Gasteiger partial charge in [0.2, 0.25) is 0 Å². The Morgan fingerprint density at radius 1 is 1.11 bits per heavy atom. The first-order chi connectivity index (χ1) is 13.5. The molecule has 1 heterocycles. The average molecular weight is 377 g/mol. The van der Waals surface area contributed by atoms with Gasteiger partial charge in [-0.3, -0.25) is 4.79 Å². The number of benzene rings is 2. The molecule has 144 valence electrons. The van der Waals surface area contributed by atoms with Gasteiger partial charge in [-0.2, -0.15) is 4.98 Å². The molecule has 3 aromatic rings. The standard InChI is InChI=1S/C22H23N3O3/c1-15(2)25(14-16-7-5-4-6-8-16)21(26)20-13-19(23-22(27)24-20)17-9-11-18(28-3)12-10-17/h4-13,15H,14H2,1-3H3,(H,23,24,27). The van der Waals surface area contributed by atoms with Gasteiger partial charge in [0.15, 0.2) is 0 Å². The van der Waals surface area contributed by atoms with E-state index < -0.39 is 5.69 Å². The Balaban J connectivity index is 1.93. The summed E-state index contributed by atoms with van der Waals surface area (Å²) in [7, 11) is 1.59. The smallest absolute Gasteiger partial charge is 0.346 e. The van der Waals surface area contributed by atoms with Gasteiger partial charge in [0, 0.05) is 18.2 Å². The van der Waals surface area contributed by atoms with E-state index in [-0.39, 0.29) is 17.6 Å². The van der Waals surface area contributed by atoms with Crippen molar-refractivity contribution in [2.75, 3.05) is 7.11 Å². The fourth-order valence-electron chi connectivity index (χ4n) is 2.91. The van der Waals surface area contributed by atoms with Crippen LogP contribution in [-0.2, 0) is 6.54 Å². The molecule has 0 radical (unpaired) electrons. The molecule has 0 spiro atoms. The summed E-state index contributed by atoms with van der Waals surface area (Å²) in [5.41, 5.74) is 1.87. The largest absolute Gasteiger partial charge is 0.497 e. The number of H-pyrrole nitrogens is 1. The fourth-order valence-corrected chi connectivity index (χ4v) is 2.91. The molecule has 0 aliphatic heterocycles. The van der Waals surface area contributed by atoms with Crippen molar-refractivity contribution in [1.29, 1.82) is 0 Å². The fraction of sp³-hybridized carbons (Fsp3) is 0.227. The van der Waals surface area contributed by atoms with Crippen LogP contribution < -0.4 is 10.4 Å². The lowest BCUT2D eigenvalue weighted by molar-refractivity contribution is 0.0683. The van der Waals surface area contributed by atoms with E-state index in [1.165, 1.54) is 0 Å². The van der Waals surface area contributed by atoms with Crippen molar-refractivity contribution in [3.05, 3.63) is 82.4 Å². The van der Waals surface area contributed by atoms with Gasteiger partial charge >= 0.3 is 5.69 Å². The Labute approximate surface area is 163 Å². The minimum atomic E-state index is -0.555. The minimum absolute atomic E-state index is 0.0335. The van der Waals surface area contributed by atoms with E-state index >= 15 is 0 Å². The molecular formula is C22H23N3O3. The monoisotopic (exact) mass is 377 g/mol. The van der Waals surface area contributed by atoms with Crippen molar-refractivity contribution in [3.8, 4) is 17.0 Å². The Hall–Kier alpha value is -3.41. The number of nitrogens with zero attached hydrogens (tertiary/aromatic N) is 2. The number of carbonyl (C=O) groups excluding carboxylic acids is 1. The van der Waals surface area contributed by atoms with Crippen LogP contribution in [0.2, 0.25) is 0 Å². The van der Waals surface area contributed by atoms with E-state index in [9.17, 15) is 9.59 Å². The van der Waals surface area contributed by atoms with Gasteiger partial charge in [0.05, 0.1) is 12.8 Å². The Kier molecular flexibility index (Phi) is 5.89. The first-order valence-electron chi connectivity index (χ1n) is 9.08. The summed E-state index contributed by atoms with van der Waals surface area (Å²) in [6.07, 6.45) is 0. The number of aromatic nitrogens is 2. The quantitative estimate of drug-likeness (QED) is 0.713. The van der Waals surface area contributed by atoms with Crippen LogP contribution in [0, 0.1) is 0 Å². The SMILES string of the molecule is COc1ccc(-c2cc(C(=O)N(Cc3ccccc3)C(C)C)[nH]c(=O)n2)cc1. The van der Waals surface area contributed by atoms with E-state index in [4.69, 9.17) is 4.74 Å². The topological polar surface area (TPSA) is 75.3 Å². The average Bonchev–Trinajstić information content (AvgIpc) is 2.71. The number of carbonyl (C=O) groups is 1. The summed E-state index contributed by atoms with van der Waals surface area (Å²) in [5.74, 6) is 0.465. The molecule has 6 nitrogen and oxygen atoms in total.